The molecule has 0 spiro atoms. The van der Waals surface area contributed by atoms with Gasteiger partial charge in [0.25, 0.3) is 0 Å². The summed E-state index contributed by atoms with van der Waals surface area (Å²) < 4.78 is 11.2. The van der Waals surface area contributed by atoms with Crippen molar-refractivity contribution in [2.45, 2.75) is 39.5 Å². The average Bonchev–Trinajstić information content (AvgIpc) is 2.94. The standard InChI is InChI=1S/C31H37NO5/c1-4-6-10-23(5-2)22-32(3)26-15-13-25(14-16-26)31(35)37-29-21-27(36-20-19-33)17-18-28(29)30(34)24-11-8-7-9-12-24/h7-9,11-18,21,23,33H,4-6,10,19-20,22H2,1-3H3. The van der Waals surface area contributed by atoms with Gasteiger partial charge in [-0.15, -0.1) is 0 Å². The Kier molecular flexibility index (Phi) is 10.7. The van der Waals surface area contributed by atoms with Crippen molar-refractivity contribution in [3.63, 3.8) is 0 Å². The Morgan fingerprint density at radius 2 is 1.68 bits per heavy atom. The molecule has 3 aromatic rings. The minimum Gasteiger partial charge on any atom is -0.491 e. The van der Waals surface area contributed by atoms with E-state index in [1.165, 1.54) is 25.3 Å². The van der Waals surface area contributed by atoms with Crippen LogP contribution in [0.25, 0.3) is 0 Å². The van der Waals surface area contributed by atoms with E-state index in [2.05, 4.69) is 25.8 Å². The lowest BCUT2D eigenvalue weighted by atomic mass is 9.98. The summed E-state index contributed by atoms with van der Waals surface area (Å²) in [6.07, 6.45) is 4.79. The zero-order valence-corrected chi connectivity index (χ0v) is 22.0. The van der Waals surface area contributed by atoms with Crippen LogP contribution in [0, 0.1) is 5.92 Å². The first kappa shape index (κ1) is 27.9. The van der Waals surface area contributed by atoms with Crippen LogP contribution < -0.4 is 14.4 Å². The van der Waals surface area contributed by atoms with Crippen molar-refractivity contribution >= 4 is 17.4 Å². The zero-order valence-electron chi connectivity index (χ0n) is 22.0. The molecule has 1 N–H and O–H groups in total. The van der Waals surface area contributed by atoms with Crippen LogP contribution in [-0.2, 0) is 0 Å². The van der Waals surface area contributed by atoms with Gasteiger partial charge in [0.15, 0.2) is 5.78 Å². The molecule has 1 unspecified atom stereocenters. The van der Waals surface area contributed by atoms with Gasteiger partial charge >= 0.3 is 5.97 Å². The number of unbranched alkanes of at least 4 members (excludes halogenated alkanes) is 1. The summed E-state index contributed by atoms with van der Waals surface area (Å²) in [5.41, 5.74) is 2.16. The number of aliphatic hydroxyl groups excluding tert-OH is 1. The van der Waals surface area contributed by atoms with Gasteiger partial charge in [0.1, 0.15) is 18.1 Å². The second kappa shape index (κ2) is 14.2. The van der Waals surface area contributed by atoms with E-state index in [9.17, 15) is 9.59 Å². The maximum Gasteiger partial charge on any atom is 0.343 e. The number of rotatable bonds is 14. The van der Waals surface area contributed by atoms with Crippen LogP contribution in [0.3, 0.4) is 0 Å². The molecular formula is C31H37NO5. The van der Waals surface area contributed by atoms with Crippen LogP contribution in [0.2, 0.25) is 0 Å². The molecule has 0 saturated heterocycles. The average molecular weight is 504 g/mol. The normalized spacial score (nSPS) is 11.6. The van der Waals surface area contributed by atoms with Gasteiger partial charge in [-0.3, -0.25) is 4.79 Å². The van der Waals surface area contributed by atoms with Crippen molar-refractivity contribution in [1.29, 1.82) is 0 Å². The number of ether oxygens (including phenoxy) is 2. The van der Waals surface area contributed by atoms with E-state index in [1.54, 1.807) is 48.5 Å². The third-order valence-corrected chi connectivity index (χ3v) is 6.42. The minimum absolute atomic E-state index is 0.0890. The van der Waals surface area contributed by atoms with E-state index in [0.717, 1.165) is 18.7 Å². The second-order valence-electron chi connectivity index (χ2n) is 9.16. The van der Waals surface area contributed by atoms with Gasteiger partial charge in [0.2, 0.25) is 0 Å². The number of carbonyl (C=O) groups is 2. The Balaban J connectivity index is 1.77. The highest BCUT2D eigenvalue weighted by atomic mass is 16.5. The lowest BCUT2D eigenvalue weighted by Gasteiger charge is -2.25. The molecule has 0 saturated carbocycles. The fourth-order valence-corrected chi connectivity index (χ4v) is 4.19. The fraction of sp³-hybridized carbons (Fsp3) is 0.355. The number of carbonyl (C=O) groups excluding carboxylic acids is 2. The predicted octanol–water partition coefficient (Wildman–Crippen LogP) is 6.16. The number of ketones is 1. The topological polar surface area (TPSA) is 76.1 Å². The molecule has 0 aliphatic rings. The fourth-order valence-electron chi connectivity index (χ4n) is 4.19. The van der Waals surface area contributed by atoms with Gasteiger partial charge < -0.3 is 19.5 Å². The quantitative estimate of drug-likeness (QED) is 0.161. The first-order chi connectivity index (χ1) is 18.0. The van der Waals surface area contributed by atoms with Crippen molar-refractivity contribution in [3.05, 3.63) is 89.5 Å². The molecule has 0 fully saturated rings. The number of anilines is 1. The SMILES string of the molecule is CCCCC(CC)CN(C)c1ccc(C(=O)Oc2cc(OCCO)ccc2C(=O)c2ccccc2)cc1. The molecule has 0 heterocycles. The lowest BCUT2D eigenvalue weighted by molar-refractivity contribution is 0.0732. The third kappa shape index (κ3) is 7.92. The number of aliphatic hydroxyl groups is 1. The summed E-state index contributed by atoms with van der Waals surface area (Å²) in [5, 5.41) is 9.08. The van der Waals surface area contributed by atoms with E-state index < -0.39 is 5.97 Å². The molecule has 0 amide bonds. The summed E-state index contributed by atoms with van der Waals surface area (Å²) in [6.45, 7) is 5.34. The lowest BCUT2D eigenvalue weighted by Crippen LogP contribution is -2.25. The van der Waals surface area contributed by atoms with E-state index in [0.29, 0.717) is 22.8 Å². The highest BCUT2D eigenvalue weighted by molar-refractivity contribution is 6.11. The van der Waals surface area contributed by atoms with Gasteiger partial charge in [0, 0.05) is 30.9 Å². The number of hydrogen-bond donors (Lipinski definition) is 1. The third-order valence-electron chi connectivity index (χ3n) is 6.42. The smallest absolute Gasteiger partial charge is 0.343 e. The maximum atomic E-state index is 13.1. The number of esters is 1. The van der Waals surface area contributed by atoms with Crippen LogP contribution >= 0.6 is 0 Å². The van der Waals surface area contributed by atoms with Crippen LogP contribution in [0.5, 0.6) is 11.5 Å². The number of nitrogens with zero attached hydrogens (tertiary/aromatic N) is 1. The van der Waals surface area contributed by atoms with E-state index in [-0.39, 0.29) is 30.3 Å². The Morgan fingerprint density at radius 1 is 0.946 bits per heavy atom. The zero-order chi connectivity index (χ0) is 26.6. The molecule has 0 aliphatic carbocycles. The predicted molar refractivity (Wildman–Crippen MR) is 147 cm³/mol. The first-order valence-corrected chi connectivity index (χ1v) is 13.0. The van der Waals surface area contributed by atoms with E-state index in [1.807, 2.05) is 18.2 Å². The largest absolute Gasteiger partial charge is 0.491 e. The molecule has 0 aliphatic heterocycles. The molecule has 3 aromatic carbocycles. The maximum absolute atomic E-state index is 13.1. The van der Waals surface area contributed by atoms with Crippen LogP contribution in [-0.4, -0.2) is 43.7 Å². The molecule has 37 heavy (non-hydrogen) atoms. The number of benzene rings is 3. The van der Waals surface area contributed by atoms with Gasteiger partial charge in [-0.1, -0.05) is 63.4 Å². The van der Waals surface area contributed by atoms with E-state index in [4.69, 9.17) is 14.6 Å². The highest BCUT2D eigenvalue weighted by Gasteiger charge is 2.19. The van der Waals surface area contributed by atoms with Crippen LogP contribution in [0.4, 0.5) is 5.69 Å². The summed E-state index contributed by atoms with van der Waals surface area (Å²) in [5.74, 6) is 0.312. The Morgan fingerprint density at radius 3 is 2.32 bits per heavy atom. The molecule has 6 nitrogen and oxygen atoms in total. The van der Waals surface area contributed by atoms with Gasteiger partial charge in [0.05, 0.1) is 17.7 Å². The van der Waals surface area contributed by atoms with E-state index >= 15 is 0 Å². The highest BCUT2D eigenvalue weighted by Crippen LogP contribution is 2.28. The van der Waals surface area contributed by atoms with Crippen molar-refractivity contribution in [3.8, 4) is 11.5 Å². The second-order valence-corrected chi connectivity index (χ2v) is 9.16. The van der Waals surface area contributed by atoms with Crippen molar-refractivity contribution in [2.75, 3.05) is 31.7 Å². The van der Waals surface area contributed by atoms with Gasteiger partial charge in [-0.05, 0) is 48.7 Å². The monoisotopic (exact) mass is 503 g/mol. The Hall–Kier alpha value is -3.64. The molecule has 0 bridgehead atoms. The minimum atomic E-state index is -0.565. The molecule has 0 aromatic heterocycles. The molecule has 1 atom stereocenters. The van der Waals surface area contributed by atoms with Crippen molar-refractivity contribution in [1.82, 2.24) is 0 Å². The van der Waals surface area contributed by atoms with Gasteiger partial charge in [-0.25, -0.2) is 4.79 Å². The Labute approximate surface area is 219 Å². The van der Waals surface area contributed by atoms with Crippen molar-refractivity contribution < 1.29 is 24.2 Å². The summed E-state index contributed by atoms with van der Waals surface area (Å²) >= 11 is 0. The molecule has 6 heteroatoms. The molecular weight excluding hydrogens is 466 g/mol. The molecule has 3 rings (SSSR count). The van der Waals surface area contributed by atoms with Crippen LogP contribution in [0.15, 0.2) is 72.8 Å². The van der Waals surface area contributed by atoms with Gasteiger partial charge in [-0.2, -0.15) is 0 Å². The van der Waals surface area contributed by atoms with Crippen molar-refractivity contribution in [2.24, 2.45) is 5.92 Å². The Bertz CT molecular complexity index is 1140. The number of hydrogen-bond acceptors (Lipinski definition) is 6. The summed E-state index contributed by atoms with van der Waals surface area (Å²) in [6, 6.07) is 20.8. The summed E-state index contributed by atoms with van der Waals surface area (Å²) in [7, 11) is 2.07. The molecule has 196 valence electrons. The molecule has 0 radical (unpaired) electrons. The van der Waals surface area contributed by atoms with Crippen LogP contribution in [0.1, 0.15) is 65.8 Å². The summed E-state index contributed by atoms with van der Waals surface area (Å²) in [4.78, 5) is 28.4. The first-order valence-electron chi connectivity index (χ1n) is 13.0.